The molecule has 2 aromatic carbocycles. The van der Waals surface area contributed by atoms with Crippen molar-refractivity contribution in [3.63, 3.8) is 0 Å². The van der Waals surface area contributed by atoms with Gasteiger partial charge in [0.15, 0.2) is 0 Å². The third-order valence-corrected chi connectivity index (χ3v) is 7.70. The predicted octanol–water partition coefficient (Wildman–Crippen LogP) is 4.40. The molecule has 0 radical (unpaired) electrons. The van der Waals surface area contributed by atoms with Crippen molar-refractivity contribution in [3.8, 4) is 0 Å². The minimum absolute atomic E-state index is 0.114. The summed E-state index contributed by atoms with van der Waals surface area (Å²) in [6.45, 7) is -0.0172. The zero-order chi connectivity index (χ0) is 23.0. The van der Waals surface area contributed by atoms with Crippen molar-refractivity contribution in [2.45, 2.75) is 17.9 Å². The Bertz CT molecular complexity index is 1080. The molecule has 2 aliphatic rings. The number of rotatable bonds is 6. The van der Waals surface area contributed by atoms with E-state index in [1.807, 2.05) is 12.1 Å². The van der Waals surface area contributed by atoms with Gasteiger partial charge >= 0.3 is 6.03 Å². The highest BCUT2D eigenvalue weighted by Crippen LogP contribution is 2.54. The Labute approximate surface area is 200 Å². The summed E-state index contributed by atoms with van der Waals surface area (Å²) in [5.41, 5.74) is 1.90. The number of carbonyl (C=O) groups excluding carboxylic acids is 2. The first kappa shape index (κ1) is 23.1. The number of hydrogen-bond donors (Lipinski definition) is 2. The number of aliphatic hydroxyl groups is 2. The molecule has 3 amide bonds. The molecule has 0 aromatic heterocycles. The van der Waals surface area contributed by atoms with Crippen molar-refractivity contribution in [2.75, 3.05) is 20.2 Å². The topological polar surface area (TPSA) is 81.1 Å². The minimum Gasteiger partial charge on any atom is -0.396 e. The molecule has 1 fully saturated rings. The number of fused-ring (bicyclic) bond motifs is 1. The lowest BCUT2D eigenvalue weighted by Crippen LogP contribution is -2.59. The number of carbonyl (C=O) groups is 2. The summed E-state index contributed by atoms with van der Waals surface area (Å²) < 4.78 is 0. The van der Waals surface area contributed by atoms with E-state index in [1.165, 1.54) is 16.7 Å². The van der Waals surface area contributed by atoms with Gasteiger partial charge in [-0.2, -0.15) is 0 Å². The van der Waals surface area contributed by atoms with Crippen molar-refractivity contribution in [3.05, 3.63) is 75.3 Å². The Hall–Kier alpha value is -2.03. The van der Waals surface area contributed by atoms with Gasteiger partial charge in [-0.15, -0.1) is 0 Å². The monoisotopic (exact) mass is 492 g/mol. The predicted molar refractivity (Wildman–Crippen MR) is 126 cm³/mol. The lowest BCUT2D eigenvalue weighted by Gasteiger charge is -2.40. The van der Waals surface area contributed by atoms with Crippen LogP contribution in [0.3, 0.4) is 0 Å². The van der Waals surface area contributed by atoms with Crippen LogP contribution in [-0.4, -0.2) is 57.5 Å². The molecule has 32 heavy (non-hydrogen) atoms. The average molecular weight is 493 g/mol. The first-order valence-electron chi connectivity index (χ1n) is 10.1. The van der Waals surface area contributed by atoms with Crippen LogP contribution < -0.4 is 0 Å². The molecule has 3 atom stereocenters. The van der Waals surface area contributed by atoms with E-state index in [0.717, 1.165) is 15.4 Å². The largest absolute Gasteiger partial charge is 0.396 e. The number of thioether (sulfide) groups is 1. The average Bonchev–Trinajstić information content (AvgIpc) is 3.19. The number of benzene rings is 2. The van der Waals surface area contributed by atoms with Gasteiger partial charge in [0.1, 0.15) is 6.10 Å². The van der Waals surface area contributed by atoms with Crippen LogP contribution >= 0.6 is 35.0 Å². The fourth-order valence-electron chi connectivity index (χ4n) is 4.09. The van der Waals surface area contributed by atoms with Crippen LogP contribution in [0, 0.1) is 5.92 Å². The van der Waals surface area contributed by atoms with Gasteiger partial charge in [0.05, 0.1) is 11.3 Å². The Morgan fingerprint density at radius 3 is 2.47 bits per heavy atom. The molecule has 1 saturated heterocycles. The van der Waals surface area contributed by atoms with E-state index in [2.05, 4.69) is 0 Å². The van der Waals surface area contributed by atoms with Crippen LogP contribution in [0.15, 0.2) is 54.1 Å². The SMILES string of the molecule is CN1C(=O)N(CCCO)C(=O)C2C(C(O)c3ccc(Cl)cc3)=C(c3cccc(Cl)c3)SC21. The van der Waals surface area contributed by atoms with Crippen LogP contribution in [0.2, 0.25) is 10.0 Å². The maximum Gasteiger partial charge on any atom is 0.327 e. The van der Waals surface area contributed by atoms with Gasteiger partial charge in [-0.1, -0.05) is 59.2 Å². The summed E-state index contributed by atoms with van der Waals surface area (Å²) >= 11 is 13.6. The molecule has 6 nitrogen and oxygen atoms in total. The number of amides is 3. The molecule has 0 spiro atoms. The molecule has 9 heteroatoms. The highest BCUT2D eigenvalue weighted by Gasteiger charge is 2.52. The number of urea groups is 1. The van der Waals surface area contributed by atoms with Gasteiger partial charge < -0.3 is 15.1 Å². The van der Waals surface area contributed by atoms with E-state index in [-0.39, 0.29) is 25.5 Å². The number of halogens is 2. The van der Waals surface area contributed by atoms with Gasteiger partial charge in [-0.25, -0.2) is 4.79 Å². The van der Waals surface area contributed by atoms with Gasteiger partial charge in [0, 0.05) is 35.1 Å². The van der Waals surface area contributed by atoms with E-state index >= 15 is 0 Å². The molecule has 4 rings (SSSR count). The highest BCUT2D eigenvalue weighted by atomic mass is 35.5. The Balaban J connectivity index is 1.84. The summed E-state index contributed by atoms with van der Waals surface area (Å²) in [6, 6.07) is 13.6. The minimum atomic E-state index is -1.08. The van der Waals surface area contributed by atoms with Crippen LogP contribution in [0.4, 0.5) is 4.79 Å². The summed E-state index contributed by atoms with van der Waals surface area (Å²) in [4.78, 5) is 29.8. The molecule has 168 valence electrons. The van der Waals surface area contributed by atoms with Crippen LogP contribution in [0.1, 0.15) is 23.7 Å². The molecule has 2 aromatic rings. The molecule has 0 saturated carbocycles. The third-order valence-electron chi connectivity index (χ3n) is 5.67. The van der Waals surface area contributed by atoms with Crippen molar-refractivity contribution in [1.82, 2.24) is 9.80 Å². The Morgan fingerprint density at radius 2 is 1.81 bits per heavy atom. The summed E-state index contributed by atoms with van der Waals surface area (Å²) in [5.74, 6) is -1.11. The Kier molecular flexibility index (Phi) is 6.83. The van der Waals surface area contributed by atoms with E-state index in [9.17, 15) is 19.8 Å². The molecule has 3 unspecified atom stereocenters. The molecular formula is C23H22Cl2N2O4S. The molecule has 0 bridgehead atoms. The van der Waals surface area contributed by atoms with E-state index in [1.54, 1.807) is 43.4 Å². The smallest absolute Gasteiger partial charge is 0.327 e. The Morgan fingerprint density at radius 1 is 1.09 bits per heavy atom. The van der Waals surface area contributed by atoms with Gasteiger partial charge in [-0.3, -0.25) is 9.69 Å². The van der Waals surface area contributed by atoms with E-state index < -0.39 is 23.4 Å². The number of aliphatic hydroxyl groups excluding tert-OH is 2. The normalized spacial score (nSPS) is 21.9. The first-order chi connectivity index (χ1) is 15.3. The zero-order valence-electron chi connectivity index (χ0n) is 17.2. The molecule has 2 aliphatic heterocycles. The maximum absolute atomic E-state index is 13.5. The van der Waals surface area contributed by atoms with Crippen molar-refractivity contribution in [1.29, 1.82) is 0 Å². The molecule has 2 N–H and O–H groups in total. The van der Waals surface area contributed by atoms with Crippen LogP contribution in [0.25, 0.3) is 4.91 Å². The highest BCUT2D eigenvalue weighted by molar-refractivity contribution is 8.09. The van der Waals surface area contributed by atoms with Gasteiger partial charge in [0.2, 0.25) is 5.91 Å². The number of imide groups is 1. The fraction of sp³-hybridized carbons (Fsp3) is 0.304. The summed E-state index contributed by atoms with van der Waals surface area (Å²) in [7, 11) is 1.65. The fourth-order valence-corrected chi connectivity index (χ4v) is 5.93. The molecule has 0 aliphatic carbocycles. The van der Waals surface area contributed by atoms with E-state index in [4.69, 9.17) is 23.2 Å². The third kappa shape index (κ3) is 4.16. The van der Waals surface area contributed by atoms with Crippen molar-refractivity contribution in [2.24, 2.45) is 5.92 Å². The second-order valence-electron chi connectivity index (χ2n) is 7.70. The zero-order valence-corrected chi connectivity index (χ0v) is 19.6. The maximum atomic E-state index is 13.5. The summed E-state index contributed by atoms with van der Waals surface area (Å²) in [5, 5.41) is 21.2. The van der Waals surface area contributed by atoms with Crippen LogP contribution in [-0.2, 0) is 4.79 Å². The first-order valence-corrected chi connectivity index (χ1v) is 11.8. The van der Waals surface area contributed by atoms with Gasteiger partial charge in [-0.05, 0) is 47.4 Å². The van der Waals surface area contributed by atoms with E-state index in [0.29, 0.717) is 21.2 Å². The lowest BCUT2D eigenvalue weighted by molar-refractivity contribution is -0.135. The lowest BCUT2D eigenvalue weighted by atomic mass is 9.86. The molecule has 2 heterocycles. The number of hydrogen-bond acceptors (Lipinski definition) is 5. The van der Waals surface area contributed by atoms with Crippen molar-refractivity contribution >= 4 is 51.8 Å². The number of nitrogens with zero attached hydrogens (tertiary/aromatic N) is 2. The molecular weight excluding hydrogens is 471 g/mol. The van der Waals surface area contributed by atoms with Crippen molar-refractivity contribution < 1.29 is 19.8 Å². The summed E-state index contributed by atoms with van der Waals surface area (Å²) in [6.07, 6.45) is -0.788. The standard InChI is InChI=1S/C23H22Cl2N2O4S/c1-26-22-18(21(30)27(23(26)31)10-3-11-28)17(19(29)13-6-8-15(24)9-7-13)20(32-22)14-4-2-5-16(25)12-14/h2,4-9,12,18-19,22,28-29H,3,10-11H2,1H3. The second kappa shape index (κ2) is 9.45. The quantitative estimate of drug-likeness (QED) is 0.624. The van der Waals surface area contributed by atoms with Crippen LogP contribution in [0.5, 0.6) is 0 Å². The second-order valence-corrected chi connectivity index (χ2v) is 9.70. The van der Waals surface area contributed by atoms with Gasteiger partial charge in [0.25, 0.3) is 0 Å².